The van der Waals surface area contributed by atoms with E-state index in [0.717, 1.165) is 0 Å². The largest absolute Gasteiger partial charge is 2.00 e. The predicted molar refractivity (Wildman–Crippen MR) is 7.84 cm³/mol. The van der Waals surface area contributed by atoms with Gasteiger partial charge in [0.25, 0.3) is 0 Å². The minimum atomic E-state index is 0. The van der Waals surface area contributed by atoms with Gasteiger partial charge in [-0.1, -0.05) is 0 Å². The topological polar surface area (TPSA) is 28.5 Å². The van der Waals surface area contributed by atoms with Crippen LogP contribution in [0.15, 0.2) is 0 Å². The monoisotopic (exact) mass is 141 g/mol. The number of hydrogen-bond donors (Lipinski definition) is 0. The average molecular weight is 142 g/mol. The summed E-state index contributed by atoms with van der Waals surface area (Å²) in [6, 6.07) is 0. The molecule has 0 rings (SSSR count). The van der Waals surface area contributed by atoms with E-state index in [1.165, 1.54) is 0 Å². The standard InChI is InChI=1S/Co.Li.Ni.O.H/q+2;;;-2;. The predicted octanol–water partition coefficient (Wildman–Crippen LogP) is -0.772. The minimum absolute atomic E-state index is 0. The molecule has 0 saturated heterocycles. The zero-order valence-corrected chi connectivity index (χ0v) is 3.09. The SMILES string of the molecule is [Co+2].[LiH].[Ni].[O-2]. The fourth-order valence-electron chi connectivity index (χ4n) is 0. The second-order valence-electron chi connectivity index (χ2n) is 0. The maximum atomic E-state index is 0. The van der Waals surface area contributed by atoms with Gasteiger partial charge in [0.15, 0.2) is 0 Å². The average Bonchev–Trinajstić information content (AvgIpc) is 0. The van der Waals surface area contributed by atoms with Gasteiger partial charge in [-0.3, -0.25) is 0 Å². The zero-order valence-electron chi connectivity index (χ0n) is 1.06. The smallest absolute Gasteiger partial charge is 0 e. The van der Waals surface area contributed by atoms with E-state index in [2.05, 4.69) is 0 Å². The Balaban J connectivity index is 0. The summed E-state index contributed by atoms with van der Waals surface area (Å²) >= 11 is 0. The van der Waals surface area contributed by atoms with E-state index < -0.39 is 0 Å². The summed E-state index contributed by atoms with van der Waals surface area (Å²) in [4.78, 5) is 0. The first-order chi connectivity index (χ1) is 0. The molecule has 4 heteroatoms. The van der Waals surface area contributed by atoms with Gasteiger partial charge in [-0.15, -0.1) is 0 Å². The van der Waals surface area contributed by atoms with Crippen molar-refractivity contribution in [3.63, 3.8) is 0 Å². The van der Waals surface area contributed by atoms with Gasteiger partial charge in [0, 0.05) is 16.5 Å². The van der Waals surface area contributed by atoms with Crippen LogP contribution in [0.3, 0.4) is 0 Å². The molecule has 0 bridgehead atoms. The Morgan fingerprint density at radius 1 is 1.00 bits per heavy atom. The van der Waals surface area contributed by atoms with E-state index in [1.807, 2.05) is 0 Å². The van der Waals surface area contributed by atoms with Crippen LogP contribution in [0.25, 0.3) is 0 Å². The van der Waals surface area contributed by atoms with E-state index in [1.54, 1.807) is 0 Å². The molecular formula is HCoLiNiO. The van der Waals surface area contributed by atoms with Crippen molar-refractivity contribution in [2.45, 2.75) is 0 Å². The van der Waals surface area contributed by atoms with E-state index in [0.29, 0.717) is 0 Å². The molecule has 1 nitrogen and oxygen atoms in total. The van der Waals surface area contributed by atoms with Gasteiger partial charge in [-0.2, -0.15) is 0 Å². The van der Waals surface area contributed by atoms with Crippen LogP contribution < -0.4 is 0 Å². The molecule has 0 amide bonds. The van der Waals surface area contributed by atoms with Gasteiger partial charge in [0.2, 0.25) is 0 Å². The summed E-state index contributed by atoms with van der Waals surface area (Å²) < 4.78 is 0. The third-order valence-corrected chi connectivity index (χ3v) is 0. The van der Waals surface area contributed by atoms with Crippen LogP contribution in [0.2, 0.25) is 0 Å². The van der Waals surface area contributed by atoms with Gasteiger partial charge in [-0.05, 0) is 0 Å². The Kier molecular flexibility index (Phi) is 283. The van der Waals surface area contributed by atoms with Crippen molar-refractivity contribution in [1.82, 2.24) is 0 Å². The Morgan fingerprint density at radius 3 is 1.00 bits per heavy atom. The van der Waals surface area contributed by atoms with E-state index in [-0.39, 0.29) is 57.6 Å². The Hall–Kier alpha value is 1.56. The molecule has 27 valence electrons. The molecule has 0 aliphatic carbocycles. The molecule has 0 spiro atoms. The molecule has 0 aromatic rings. The Labute approximate surface area is 57.5 Å². The molecule has 0 aromatic carbocycles. The summed E-state index contributed by atoms with van der Waals surface area (Å²) in [5.74, 6) is 0. The molecule has 0 unspecified atom stereocenters. The fourth-order valence-corrected chi connectivity index (χ4v) is 0. The molecule has 1 radical (unpaired) electrons. The molecule has 0 N–H and O–H groups in total. The number of hydrogen-bond acceptors (Lipinski definition) is 0. The normalized spacial score (nSPS) is 0. The molecule has 4 heavy (non-hydrogen) atoms. The third kappa shape index (κ3) is 9.59. The molecular weight excluding hydrogens is 141 g/mol. The molecule has 0 aliphatic heterocycles. The van der Waals surface area contributed by atoms with Crippen LogP contribution in [0, 0.1) is 0 Å². The Morgan fingerprint density at radius 2 is 1.00 bits per heavy atom. The van der Waals surface area contributed by atoms with Crippen LogP contribution in [0.5, 0.6) is 0 Å². The Bertz CT molecular complexity index is 8.00. The molecule has 0 atom stereocenters. The van der Waals surface area contributed by atoms with Crippen molar-refractivity contribution < 1.29 is 38.7 Å². The quantitative estimate of drug-likeness (QED) is 0.397. The van der Waals surface area contributed by atoms with Crippen molar-refractivity contribution >= 4 is 18.9 Å². The van der Waals surface area contributed by atoms with Crippen LogP contribution in [0.4, 0.5) is 0 Å². The van der Waals surface area contributed by atoms with E-state index >= 15 is 0 Å². The zero-order chi connectivity index (χ0) is 0. The second kappa shape index (κ2) is 23.8. The summed E-state index contributed by atoms with van der Waals surface area (Å²) in [6.07, 6.45) is 0. The van der Waals surface area contributed by atoms with Gasteiger partial charge in [0.05, 0.1) is 0 Å². The van der Waals surface area contributed by atoms with Gasteiger partial charge < -0.3 is 5.48 Å². The summed E-state index contributed by atoms with van der Waals surface area (Å²) in [5, 5.41) is 0. The van der Waals surface area contributed by atoms with Crippen molar-refractivity contribution in [3.05, 3.63) is 0 Å². The minimum Gasteiger partial charge on any atom is -2.00 e. The molecule has 0 heterocycles. The van der Waals surface area contributed by atoms with Gasteiger partial charge >= 0.3 is 35.6 Å². The molecule has 0 aromatic heterocycles. The van der Waals surface area contributed by atoms with E-state index in [9.17, 15) is 0 Å². The van der Waals surface area contributed by atoms with Gasteiger partial charge in [0.1, 0.15) is 0 Å². The van der Waals surface area contributed by atoms with Crippen LogP contribution in [-0.2, 0) is 38.7 Å². The fraction of sp³-hybridized carbons (Fsp3) is 0. The van der Waals surface area contributed by atoms with Crippen LogP contribution >= 0.6 is 0 Å². The van der Waals surface area contributed by atoms with Crippen LogP contribution in [0.1, 0.15) is 0 Å². The number of rotatable bonds is 0. The second-order valence-corrected chi connectivity index (χ2v) is 0. The maximum absolute atomic E-state index is 0. The van der Waals surface area contributed by atoms with E-state index in [4.69, 9.17) is 0 Å². The molecule has 0 fully saturated rings. The summed E-state index contributed by atoms with van der Waals surface area (Å²) in [5.41, 5.74) is 0. The third-order valence-electron chi connectivity index (χ3n) is 0. The maximum Gasteiger partial charge on any atom is 0 e. The molecule has 0 aliphatic rings. The van der Waals surface area contributed by atoms with Gasteiger partial charge in [-0.25, -0.2) is 0 Å². The first-order valence-corrected chi connectivity index (χ1v) is 0. The van der Waals surface area contributed by atoms with Crippen molar-refractivity contribution in [2.75, 3.05) is 0 Å². The first-order valence-electron chi connectivity index (χ1n) is 0. The molecule has 0 saturated carbocycles. The van der Waals surface area contributed by atoms with Crippen molar-refractivity contribution in [1.29, 1.82) is 0 Å². The summed E-state index contributed by atoms with van der Waals surface area (Å²) in [7, 11) is 0. The first kappa shape index (κ1) is 47.6. The van der Waals surface area contributed by atoms with Crippen molar-refractivity contribution in [3.8, 4) is 0 Å². The summed E-state index contributed by atoms with van der Waals surface area (Å²) in [6.45, 7) is 0. The van der Waals surface area contributed by atoms with Crippen molar-refractivity contribution in [2.24, 2.45) is 0 Å². The van der Waals surface area contributed by atoms with Crippen LogP contribution in [-0.4, -0.2) is 18.9 Å².